The van der Waals surface area contributed by atoms with E-state index in [9.17, 15) is 0 Å². The van der Waals surface area contributed by atoms with E-state index in [2.05, 4.69) is 57.0 Å². The first-order valence-corrected chi connectivity index (χ1v) is 12.2. The monoisotopic (exact) mass is 386 g/mol. The second kappa shape index (κ2) is 20.7. The highest BCUT2D eigenvalue weighted by atomic mass is 14.3. The lowest BCUT2D eigenvalue weighted by molar-refractivity contribution is 0.265. The zero-order valence-electron chi connectivity index (χ0n) is 19.2. The van der Waals surface area contributed by atoms with Crippen molar-refractivity contribution in [2.45, 2.75) is 122 Å². The fourth-order valence-corrected chi connectivity index (χ4v) is 4.34. The van der Waals surface area contributed by atoms with Crippen molar-refractivity contribution in [2.24, 2.45) is 5.41 Å². The van der Waals surface area contributed by atoms with Crippen molar-refractivity contribution in [3.63, 3.8) is 0 Å². The summed E-state index contributed by atoms with van der Waals surface area (Å²) in [5, 5.41) is 0. The maximum absolute atomic E-state index is 3.89. The molecule has 0 aromatic heterocycles. The van der Waals surface area contributed by atoms with Gasteiger partial charge in [0.15, 0.2) is 0 Å². The molecular formula is C28H50. The summed E-state index contributed by atoms with van der Waals surface area (Å²) in [7, 11) is 0. The Morgan fingerprint density at radius 3 is 1.21 bits per heavy atom. The SMILES string of the molecule is C=CCCCCCCCCC(C=CC)(CCCCC=C)CCCCCCC=C. The number of allylic oxidation sites excluding steroid dienone is 5. The molecule has 0 saturated heterocycles. The Morgan fingerprint density at radius 2 is 0.821 bits per heavy atom. The molecule has 0 fully saturated rings. The third kappa shape index (κ3) is 16.0. The Hall–Kier alpha value is -1.04. The predicted molar refractivity (Wildman–Crippen MR) is 131 cm³/mol. The van der Waals surface area contributed by atoms with Crippen LogP contribution in [0.2, 0.25) is 0 Å². The molecular weight excluding hydrogens is 336 g/mol. The third-order valence-corrected chi connectivity index (χ3v) is 6.02. The zero-order chi connectivity index (χ0) is 20.8. The molecule has 0 aliphatic carbocycles. The summed E-state index contributed by atoms with van der Waals surface area (Å²) in [5.41, 5.74) is 0.442. The topological polar surface area (TPSA) is 0 Å². The van der Waals surface area contributed by atoms with Gasteiger partial charge < -0.3 is 0 Å². The first-order chi connectivity index (χ1) is 13.7. The molecule has 0 aliphatic heterocycles. The number of unbranched alkanes of at least 4 members (excludes halogenated alkanes) is 12. The smallest absolute Gasteiger partial charge is 0.0118 e. The summed E-state index contributed by atoms with van der Waals surface area (Å²) < 4.78 is 0. The van der Waals surface area contributed by atoms with E-state index in [0.29, 0.717) is 5.41 Å². The van der Waals surface area contributed by atoms with Crippen molar-refractivity contribution in [1.29, 1.82) is 0 Å². The first kappa shape index (κ1) is 27.0. The van der Waals surface area contributed by atoms with Gasteiger partial charge in [0.1, 0.15) is 0 Å². The van der Waals surface area contributed by atoms with Gasteiger partial charge in [-0.1, -0.05) is 88.2 Å². The minimum absolute atomic E-state index is 0.442. The van der Waals surface area contributed by atoms with Gasteiger partial charge >= 0.3 is 0 Å². The minimum atomic E-state index is 0.442. The van der Waals surface area contributed by atoms with E-state index in [1.54, 1.807) is 0 Å². The maximum atomic E-state index is 3.89. The van der Waals surface area contributed by atoms with Crippen LogP contribution in [0.4, 0.5) is 0 Å². The average Bonchev–Trinajstić information content (AvgIpc) is 2.70. The molecule has 1 atom stereocenters. The van der Waals surface area contributed by atoms with E-state index >= 15 is 0 Å². The van der Waals surface area contributed by atoms with E-state index in [1.807, 2.05) is 0 Å². The molecule has 0 rings (SSSR count). The molecule has 0 bridgehead atoms. The van der Waals surface area contributed by atoms with Gasteiger partial charge in [0.05, 0.1) is 0 Å². The molecule has 0 aromatic rings. The zero-order valence-corrected chi connectivity index (χ0v) is 19.2. The second-order valence-corrected chi connectivity index (χ2v) is 8.59. The van der Waals surface area contributed by atoms with E-state index < -0.39 is 0 Å². The second-order valence-electron chi connectivity index (χ2n) is 8.59. The summed E-state index contributed by atoms with van der Waals surface area (Å²) in [5.74, 6) is 0. The molecule has 0 aliphatic rings. The van der Waals surface area contributed by atoms with Crippen molar-refractivity contribution in [1.82, 2.24) is 0 Å². The van der Waals surface area contributed by atoms with E-state index in [1.165, 1.54) is 109 Å². The Labute approximate surface area is 178 Å². The van der Waals surface area contributed by atoms with Crippen LogP contribution in [0.5, 0.6) is 0 Å². The first-order valence-electron chi connectivity index (χ1n) is 12.2. The largest absolute Gasteiger partial charge is 0.103 e. The standard InChI is InChI=1S/C28H50/c1-5-9-12-15-17-18-20-23-27-28(24-8-4,25-21-14-11-7-3)26-22-19-16-13-10-6-2/h5-8,24H,1-3,9-23,25-27H2,4H3. The summed E-state index contributed by atoms with van der Waals surface area (Å²) in [6.07, 6.45) is 35.1. The minimum Gasteiger partial charge on any atom is -0.103 e. The van der Waals surface area contributed by atoms with Gasteiger partial charge in [-0.2, -0.15) is 0 Å². The summed E-state index contributed by atoms with van der Waals surface area (Å²) in [6, 6.07) is 0. The lowest BCUT2D eigenvalue weighted by Crippen LogP contribution is -2.18. The molecule has 0 spiro atoms. The van der Waals surface area contributed by atoms with Crippen LogP contribution in [0, 0.1) is 5.41 Å². The molecule has 0 radical (unpaired) electrons. The lowest BCUT2D eigenvalue weighted by atomic mass is 9.73. The van der Waals surface area contributed by atoms with Crippen molar-refractivity contribution >= 4 is 0 Å². The number of rotatable bonds is 22. The molecule has 1 unspecified atom stereocenters. The Balaban J connectivity index is 4.40. The molecule has 0 saturated carbocycles. The van der Waals surface area contributed by atoms with E-state index in [0.717, 1.165) is 6.42 Å². The van der Waals surface area contributed by atoms with Crippen molar-refractivity contribution < 1.29 is 0 Å². The Kier molecular flexibility index (Phi) is 19.9. The molecule has 28 heavy (non-hydrogen) atoms. The van der Waals surface area contributed by atoms with E-state index in [4.69, 9.17) is 0 Å². The molecule has 0 nitrogen and oxygen atoms in total. The average molecular weight is 387 g/mol. The quantitative estimate of drug-likeness (QED) is 0.128. The van der Waals surface area contributed by atoms with Gasteiger partial charge in [0.25, 0.3) is 0 Å². The summed E-state index contributed by atoms with van der Waals surface area (Å²) >= 11 is 0. The van der Waals surface area contributed by atoms with Crippen molar-refractivity contribution in [3.05, 3.63) is 50.1 Å². The van der Waals surface area contributed by atoms with Crippen LogP contribution in [-0.4, -0.2) is 0 Å². The summed E-state index contributed by atoms with van der Waals surface area (Å²) in [4.78, 5) is 0. The van der Waals surface area contributed by atoms with Crippen LogP contribution < -0.4 is 0 Å². The highest BCUT2D eigenvalue weighted by Crippen LogP contribution is 2.39. The maximum Gasteiger partial charge on any atom is -0.0118 e. The molecule has 162 valence electrons. The fourth-order valence-electron chi connectivity index (χ4n) is 4.34. The van der Waals surface area contributed by atoms with Gasteiger partial charge in [-0.25, -0.2) is 0 Å². The number of hydrogen-bond acceptors (Lipinski definition) is 0. The highest BCUT2D eigenvalue weighted by Gasteiger charge is 2.25. The van der Waals surface area contributed by atoms with Crippen LogP contribution in [0.25, 0.3) is 0 Å². The predicted octanol–water partition coefficient (Wildman–Crippen LogP) is 10.1. The lowest BCUT2D eigenvalue weighted by Gasteiger charge is -2.32. The van der Waals surface area contributed by atoms with E-state index in [-0.39, 0.29) is 0 Å². The van der Waals surface area contributed by atoms with Crippen LogP contribution in [0.3, 0.4) is 0 Å². The van der Waals surface area contributed by atoms with Crippen LogP contribution >= 0.6 is 0 Å². The molecule has 0 N–H and O–H groups in total. The summed E-state index contributed by atoms with van der Waals surface area (Å²) in [6.45, 7) is 13.8. The van der Waals surface area contributed by atoms with Crippen molar-refractivity contribution in [2.75, 3.05) is 0 Å². The normalized spacial score (nSPS) is 13.5. The van der Waals surface area contributed by atoms with Crippen LogP contribution in [0.15, 0.2) is 50.1 Å². The van der Waals surface area contributed by atoms with Gasteiger partial charge in [-0.3, -0.25) is 0 Å². The number of hydrogen-bond donors (Lipinski definition) is 0. The van der Waals surface area contributed by atoms with Gasteiger partial charge in [-0.15, -0.1) is 19.7 Å². The fraction of sp³-hybridized carbons (Fsp3) is 0.714. The molecule has 0 aromatic carbocycles. The van der Waals surface area contributed by atoms with Gasteiger partial charge in [-0.05, 0) is 70.1 Å². The van der Waals surface area contributed by atoms with Gasteiger partial charge in [0.2, 0.25) is 0 Å². The Bertz CT molecular complexity index is 389. The van der Waals surface area contributed by atoms with Crippen LogP contribution in [-0.2, 0) is 0 Å². The van der Waals surface area contributed by atoms with Gasteiger partial charge in [0, 0.05) is 0 Å². The highest BCUT2D eigenvalue weighted by molar-refractivity contribution is 4.98. The van der Waals surface area contributed by atoms with Crippen LogP contribution in [0.1, 0.15) is 122 Å². The third-order valence-electron chi connectivity index (χ3n) is 6.02. The Morgan fingerprint density at radius 1 is 0.500 bits per heavy atom. The molecule has 0 amide bonds. The van der Waals surface area contributed by atoms with Crippen molar-refractivity contribution in [3.8, 4) is 0 Å². The molecule has 0 heterocycles. The molecule has 0 heteroatoms.